The topological polar surface area (TPSA) is 106 Å². The van der Waals surface area contributed by atoms with E-state index in [4.69, 9.17) is 14.2 Å². The molecule has 2 N–H and O–H groups in total. The Morgan fingerprint density at radius 1 is 0.976 bits per heavy atom. The minimum absolute atomic E-state index is 0. The highest BCUT2D eigenvalue weighted by Gasteiger charge is 2.51. The lowest BCUT2D eigenvalue weighted by atomic mass is 9.94. The Balaban J connectivity index is 0.00000353. The van der Waals surface area contributed by atoms with Gasteiger partial charge in [-0.25, -0.2) is 13.1 Å². The number of benzene rings is 3. The van der Waals surface area contributed by atoms with Crippen LogP contribution in [0.25, 0.3) is 11.1 Å². The standard InChI is InChI=1S/C31H35N3O6S.H2/c1-22-3-7-25(33-30(35)31(11-12-31)24-6-10-28-29(19-24)40-21-39-28)20-27(22)23-4-8-26(9-5-23)41(36,37)32-13-2-14-34-15-17-38-18-16-34;/h3-10,19-20,32H,2,11-18,21H2,1H3,(H,33,35);1H. The monoisotopic (exact) mass is 579 g/mol. The molecule has 41 heavy (non-hydrogen) atoms. The van der Waals surface area contributed by atoms with E-state index in [1.807, 2.05) is 55.5 Å². The molecule has 218 valence electrons. The van der Waals surface area contributed by atoms with Gasteiger partial charge in [0.2, 0.25) is 22.7 Å². The zero-order valence-corrected chi connectivity index (χ0v) is 24.0. The van der Waals surface area contributed by atoms with E-state index in [1.165, 1.54) is 0 Å². The van der Waals surface area contributed by atoms with Gasteiger partial charge in [-0.05, 0) is 91.4 Å². The van der Waals surface area contributed by atoms with Crippen molar-refractivity contribution in [2.45, 2.75) is 36.5 Å². The second kappa shape index (κ2) is 11.4. The summed E-state index contributed by atoms with van der Waals surface area (Å²) in [7, 11) is -3.60. The molecule has 0 bridgehead atoms. The van der Waals surface area contributed by atoms with Crippen molar-refractivity contribution in [2.75, 3.05) is 51.5 Å². The van der Waals surface area contributed by atoms with Gasteiger partial charge in [-0.2, -0.15) is 0 Å². The normalized spacial score (nSPS) is 17.8. The van der Waals surface area contributed by atoms with Crippen LogP contribution in [-0.4, -0.2) is 65.4 Å². The van der Waals surface area contributed by atoms with Gasteiger partial charge in [-0.1, -0.05) is 24.3 Å². The highest BCUT2D eigenvalue weighted by molar-refractivity contribution is 7.89. The van der Waals surface area contributed by atoms with Gasteiger partial charge in [0.05, 0.1) is 23.5 Å². The van der Waals surface area contributed by atoms with Crippen LogP contribution in [0.15, 0.2) is 65.6 Å². The van der Waals surface area contributed by atoms with Crippen molar-refractivity contribution in [2.24, 2.45) is 0 Å². The van der Waals surface area contributed by atoms with Crippen LogP contribution in [0.1, 0.15) is 31.8 Å². The second-order valence-corrected chi connectivity index (χ2v) is 12.6. The molecule has 3 aromatic carbocycles. The predicted octanol–water partition coefficient (Wildman–Crippen LogP) is 4.31. The number of anilines is 1. The van der Waals surface area contributed by atoms with Crippen molar-refractivity contribution >= 4 is 21.6 Å². The van der Waals surface area contributed by atoms with Crippen molar-refractivity contribution in [1.29, 1.82) is 0 Å². The molecule has 2 fully saturated rings. The van der Waals surface area contributed by atoms with Crippen LogP contribution in [0.3, 0.4) is 0 Å². The van der Waals surface area contributed by atoms with E-state index in [-0.39, 0.29) is 19.0 Å². The fraction of sp³-hybridized carbons (Fsp3) is 0.387. The lowest BCUT2D eigenvalue weighted by Gasteiger charge is -2.26. The van der Waals surface area contributed by atoms with Gasteiger partial charge >= 0.3 is 0 Å². The van der Waals surface area contributed by atoms with Crippen LogP contribution in [0.2, 0.25) is 0 Å². The molecule has 1 saturated carbocycles. The summed E-state index contributed by atoms with van der Waals surface area (Å²) in [6.07, 6.45) is 2.29. The third-order valence-electron chi connectivity index (χ3n) is 8.13. The predicted molar refractivity (Wildman–Crippen MR) is 158 cm³/mol. The van der Waals surface area contributed by atoms with E-state index >= 15 is 0 Å². The number of fused-ring (bicyclic) bond motifs is 1. The van der Waals surface area contributed by atoms with Crippen LogP contribution in [-0.2, 0) is 25.0 Å². The molecular formula is C31H37N3O6S. The minimum atomic E-state index is -3.60. The first-order chi connectivity index (χ1) is 19.8. The number of morpholine rings is 1. The largest absolute Gasteiger partial charge is 0.454 e. The molecule has 6 rings (SSSR count). The summed E-state index contributed by atoms with van der Waals surface area (Å²) in [5, 5.41) is 3.11. The van der Waals surface area contributed by atoms with Crippen molar-refractivity contribution < 1.29 is 28.8 Å². The number of carbonyl (C=O) groups excluding carboxylic acids is 1. The average Bonchev–Trinajstić information content (AvgIpc) is 3.67. The van der Waals surface area contributed by atoms with Crippen LogP contribution >= 0.6 is 0 Å². The van der Waals surface area contributed by atoms with Crippen molar-refractivity contribution in [3.63, 3.8) is 0 Å². The van der Waals surface area contributed by atoms with Crippen LogP contribution < -0.4 is 19.5 Å². The molecule has 0 atom stereocenters. The number of ether oxygens (including phenoxy) is 3. The van der Waals surface area contributed by atoms with Gasteiger partial charge in [0, 0.05) is 26.7 Å². The maximum atomic E-state index is 13.4. The summed E-state index contributed by atoms with van der Waals surface area (Å²) in [5.41, 5.74) is 3.88. The molecule has 10 heteroatoms. The number of hydrogen-bond acceptors (Lipinski definition) is 7. The Bertz CT molecular complexity index is 1540. The maximum absolute atomic E-state index is 13.4. The molecule has 1 saturated heterocycles. The molecule has 3 aromatic rings. The smallest absolute Gasteiger partial charge is 0.240 e. The van der Waals surface area contributed by atoms with E-state index in [2.05, 4.69) is 14.9 Å². The van der Waals surface area contributed by atoms with E-state index < -0.39 is 15.4 Å². The number of hydrogen-bond donors (Lipinski definition) is 2. The van der Waals surface area contributed by atoms with Gasteiger partial charge < -0.3 is 19.5 Å². The fourth-order valence-electron chi connectivity index (χ4n) is 5.46. The summed E-state index contributed by atoms with van der Waals surface area (Å²) in [5.74, 6) is 1.33. The maximum Gasteiger partial charge on any atom is 0.240 e. The molecule has 0 unspecified atom stereocenters. The third kappa shape index (κ3) is 5.97. The van der Waals surface area contributed by atoms with Gasteiger partial charge in [0.25, 0.3) is 0 Å². The molecule has 3 aliphatic rings. The van der Waals surface area contributed by atoms with E-state index in [9.17, 15) is 13.2 Å². The van der Waals surface area contributed by atoms with Gasteiger partial charge in [-0.15, -0.1) is 0 Å². The van der Waals surface area contributed by atoms with Gasteiger partial charge in [0.1, 0.15) is 0 Å². The summed E-state index contributed by atoms with van der Waals surface area (Å²) in [4.78, 5) is 15.9. The average molecular weight is 580 g/mol. The van der Waals surface area contributed by atoms with Crippen molar-refractivity contribution in [1.82, 2.24) is 9.62 Å². The zero-order valence-electron chi connectivity index (χ0n) is 23.1. The van der Waals surface area contributed by atoms with Crippen LogP contribution in [0.5, 0.6) is 11.5 Å². The minimum Gasteiger partial charge on any atom is -0.454 e. The van der Waals surface area contributed by atoms with Crippen molar-refractivity contribution in [3.05, 3.63) is 71.8 Å². The second-order valence-electron chi connectivity index (χ2n) is 10.9. The molecule has 0 radical (unpaired) electrons. The van der Waals surface area contributed by atoms with Gasteiger partial charge in [0.15, 0.2) is 11.5 Å². The number of nitrogens with one attached hydrogen (secondary N) is 2. The number of nitrogens with zero attached hydrogens (tertiary/aromatic N) is 1. The lowest BCUT2D eigenvalue weighted by Crippen LogP contribution is -2.38. The Kier molecular flexibility index (Phi) is 7.74. The zero-order chi connectivity index (χ0) is 28.5. The highest BCUT2D eigenvalue weighted by Crippen LogP contribution is 2.51. The van der Waals surface area contributed by atoms with Crippen LogP contribution in [0, 0.1) is 6.92 Å². The number of sulfonamides is 1. The Labute approximate surface area is 242 Å². The molecule has 2 aliphatic heterocycles. The number of rotatable bonds is 10. The Morgan fingerprint density at radius 2 is 1.73 bits per heavy atom. The fourth-order valence-corrected chi connectivity index (χ4v) is 6.53. The van der Waals surface area contributed by atoms with Crippen LogP contribution in [0.4, 0.5) is 5.69 Å². The van der Waals surface area contributed by atoms with E-state index in [1.54, 1.807) is 12.1 Å². The van der Waals surface area contributed by atoms with E-state index in [0.29, 0.717) is 23.7 Å². The van der Waals surface area contributed by atoms with Gasteiger partial charge in [-0.3, -0.25) is 9.69 Å². The SMILES string of the molecule is Cc1ccc(NC(=O)C2(c3ccc4c(c3)OCO4)CC2)cc1-c1ccc(S(=O)(=O)NCCCN2CCOCC2)cc1.[HH]. The van der Waals surface area contributed by atoms with Crippen molar-refractivity contribution in [3.8, 4) is 22.6 Å². The number of amides is 1. The first-order valence-corrected chi connectivity index (χ1v) is 15.5. The summed E-state index contributed by atoms with van der Waals surface area (Å²) < 4.78 is 44.7. The summed E-state index contributed by atoms with van der Waals surface area (Å²) in [6.45, 7) is 6.66. The third-order valence-corrected chi connectivity index (χ3v) is 9.60. The molecule has 1 amide bonds. The lowest BCUT2D eigenvalue weighted by molar-refractivity contribution is -0.118. The number of carbonyl (C=O) groups is 1. The first-order valence-electron chi connectivity index (χ1n) is 14.1. The number of aryl methyl sites for hydroxylation is 1. The molecule has 0 spiro atoms. The quantitative estimate of drug-likeness (QED) is 0.345. The summed E-state index contributed by atoms with van der Waals surface area (Å²) in [6, 6.07) is 18.4. The molecule has 0 aromatic heterocycles. The molecule has 2 heterocycles. The Hall–Kier alpha value is -3.44. The Morgan fingerprint density at radius 3 is 2.49 bits per heavy atom. The highest BCUT2D eigenvalue weighted by atomic mass is 32.2. The molecule has 1 aliphatic carbocycles. The molecular weight excluding hydrogens is 542 g/mol. The first kappa shape index (κ1) is 27.7. The summed E-state index contributed by atoms with van der Waals surface area (Å²) >= 11 is 0. The molecule has 9 nitrogen and oxygen atoms in total. The van der Waals surface area contributed by atoms with E-state index in [0.717, 1.165) is 74.4 Å².